The molecule has 0 saturated carbocycles. The van der Waals surface area contributed by atoms with E-state index in [1.807, 2.05) is 31.3 Å². The molecule has 0 aliphatic rings. The molecule has 112 valence electrons. The highest BCUT2D eigenvalue weighted by molar-refractivity contribution is 5.43. The zero-order chi connectivity index (χ0) is 15.2. The summed E-state index contributed by atoms with van der Waals surface area (Å²) < 4.78 is 5.40. The van der Waals surface area contributed by atoms with E-state index in [0.29, 0.717) is 5.95 Å². The van der Waals surface area contributed by atoms with Gasteiger partial charge in [-0.3, -0.25) is 5.43 Å². The number of methoxy groups -OCH3 is 1. The van der Waals surface area contributed by atoms with Crippen LogP contribution in [0.5, 0.6) is 5.75 Å². The maximum absolute atomic E-state index is 5.40. The van der Waals surface area contributed by atoms with Crippen LogP contribution in [0.1, 0.15) is 12.5 Å². The van der Waals surface area contributed by atoms with Gasteiger partial charge in [0.05, 0.1) is 7.11 Å². The number of hydrogen-bond donors (Lipinski definition) is 2. The normalized spacial score (nSPS) is 11.8. The number of nitrogen functional groups attached to an aromatic ring is 1. The summed E-state index contributed by atoms with van der Waals surface area (Å²) in [6, 6.07) is 10.2. The number of benzene rings is 1. The molecular formula is C15H21N5O. The highest BCUT2D eigenvalue weighted by Crippen LogP contribution is 2.22. The van der Waals surface area contributed by atoms with Gasteiger partial charge in [0, 0.05) is 19.3 Å². The van der Waals surface area contributed by atoms with E-state index in [9.17, 15) is 0 Å². The van der Waals surface area contributed by atoms with Crippen LogP contribution < -0.4 is 20.9 Å². The van der Waals surface area contributed by atoms with Crippen molar-refractivity contribution in [3.63, 3.8) is 0 Å². The smallest absolute Gasteiger partial charge is 0.239 e. The molecule has 0 bridgehead atoms. The lowest BCUT2D eigenvalue weighted by Gasteiger charge is -2.26. The zero-order valence-corrected chi connectivity index (χ0v) is 12.6. The number of nitrogens with two attached hydrogens (primary N) is 1. The lowest BCUT2D eigenvalue weighted by Crippen LogP contribution is -2.31. The van der Waals surface area contributed by atoms with Gasteiger partial charge in [-0.15, -0.1) is 0 Å². The monoisotopic (exact) mass is 287 g/mol. The molecule has 2 aromatic rings. The van der Waals surface area contributed by atoms with E-state index in [1.165, 1.54) is 5.56 Å². The van der Waals surface area contributed by atoms with Crippen LogP contribution in [0.2, 0.25) is 0 Å². The molecule has 21 heavy (non-hydrogen) atoms. The minimum atomic E-state index is 0.252. The van der Waals surface area contributed by atoms with E-state index in [1.54, 1.807) is 13.3 Å². The summed E-state index contributed by atoms with van der Waals surface area (Å²) in [6.07, 6.45) is 2.54. The van der Waals surface area contributed by atoms with Crippen LogP contribution in [0.3, 0.4) is 0 Å². The van der Waals surface area contributed by atoms with Crippen molar-refractivity contribution in [2.24, 2.45) is 5.84 Å². The van der Waals surface area contributed by atoms with E-state index in [0.717, 1.165) is 18.0 Å². The van der Waals surface area contributed by atoms with Gasteiger partial charge < -0.3 is 9.64 Å². The Morgan fingerprint density at radius 3 is 2.81 bits per heavy atom. The molecule has 0 saturated heterocycles. The number of aromatic nitrogens is 2. The number of para-hydroxylation sites is 1. The fourth-order valence-corrected chi connectivity index (χ4v) is 2.17. The molecule has 0 fully saturated rings. The van der Waals surface area contributed by atoms with Crippen LogP contribution >= 0.6 is 0 Å². The first-order valence-corrected chi connectivity index (χ1v) is 6.80. The van der Waals surface area contributed by atoms with Crippen molar-refractivity contribution >= 4 is 11.8 Å². The minimum Gasteiger partial charge on any atom is -0.496 e. The minimum absolute atomic E-state index is 0.252. The molecule has 0 spiro atoms. The molecule has 0 amide bonds. The third-order valence-electron chi connectivity index (χ3n) is 3.50. The first-order valence-electron chi connectivity index (χ1n) is 6.80. The third-order valence-corrected chi connectivity index (χ3v) is 3.50. The molecule has 1 aromatic heterocycles. The first-order chi connectivity index (χ1) is 10.2. The lowest BCUT2D eigenvalue weighted by atomic mass is 10.1. The van der Waals surface area contributed by atoms with Crippen molar-refractivity contribution in [1.82, 2.24) is 9.97 Å². The summed E-state index contributed by atoms with van der Waals surface area (Å²) in [7, 11) is 3.69. The van der Waals surface area contributed by atoms with Crippen molar-refractivity contribution in [3.8, 4) is 5.75 Å². The Balaban J connectivity index is 2.13. The summed E-state index contributed by atoms with van der Waals surface area (Å²) in [5.74, 6) is 7.48. The van der Waals surface area contributed by atoms with Crippen LogP contribution in [-0.2, 0) is 6.42 Å². The molecule has 6 nitrogen and oxygen atoms in total. The SMILES string of the molecule is COc1ccccc1CC(C)N(C)c1ccnc(NN)n1. The van der Waals surface area contributed by atoms with Gasteiger partial charge in [-0.05, 0) is 31.0 Å². The number of ether oxygens (including phenoxy) is 1. The Kier molecular flexibility index (Phi) is 4.94. The Hall–Kier alpha value is -2.34. The third kappa shape index (κ3) is 3.61. The number of hydrogen-bond acceptors (Lipinski definition) is 6. The molecule has 1 aromatic carbocycles. The Bertz CT molecular complexity index is 590. The van der Waals surface area contributed by atoms with Crippen molar-refractivity contribution < 1.29 is 4.74 Å². The zero-order valence-electron chi connectivity index (χ0n) is 12.6. The average Bonchev–Trinajstić information content (AvgIpc) is 2.54. The second kappa shape index (κ2) is 6.90. The van der Waals surface area contributed by atoms with Crippen LogP contribution in [-0.4, -0.2) is 30.2 Å². The van der Waals surface area contributed by atoms with Gasteiger partial charge in [0.15, 0.2) is 0 Å². The quantitative estimate of drug-likeness (QED) is 0.623. The number of anilines is 2. The molecule has 0 aliphatic carbocycles. The summed E-state index contributed by atoms with van der Waals surface area (Å²) in [4.78, 5) is 10.5. The number of likely N-dealkylation sites (N-methyl/N-ethyl adjacent to an activating group) is 1. The van der Waals surface area contributed by atoms with E-state index in [4.69, 9.17) is 10.6 Å². The maximum atomic E-state index is 5.40. The second-order valence-corrected chi connectivity index (χ2v) is 4.86. The Morgan fingerprint density at radius 1 is 1.33 bits per heavy atom. The van der Waals surface area contributed by atoms with E-state index < -0.39 is 0 Å². The van der Waals surface area contributed by atoms with Gasteiger partial charge in [0.1, 0.15) is 11.6 Å². The maximum Gasteiger partial charge on any atom is 0.239 e. The summed E-state index contributed by atoms with van der Waals surface area (Å²) in [5, 5.41) is 0. The number of rotatable bonds is 6. The molecular weight excluding hydrogens is 266 g/mol. The summed E-state index contributed by atoms with van der Waals surface area (Å²) in [5.41, 5.74) is 3.63. The molecule has 3 N–H and O–H groups in total. The predicted octanol–water partition coefficient (Wildman–Crippen LogP) is 1.84. The standard InChI is InChI=1S/C15H21N5O/c1-11(10-12-6-4-5-7-13(12)21-3)20(2)14-8-9-17-15(18-14)19-16/h4-9,11H,10,16H2,1-3H3,(H,17,18,19). The van der Waals surface area contributed by atoms with Gasteiger partial charge in [0.2, 0.25) is 5.95 Å². The number of nitrogens with zero attached hydrogens (tertiary/aromatic N) is 3. The Morgan fingerprint density at radius 2 is 2.10 bits per heavy atom. The highest BCUT2D eigenvalue weighted by Gasteiger charge is 2.14. The van der Waals surface area contributed by atoms with Gasteiger partial charge in [0.25, 0.3) is 0 Å². The lowest BCUT2D eigenvalue weighted by molar-refractivity contribution is 0.408. The largest absolute Gasteiger partial charge is 0.496 e. The van der Waals surface area contributed by atoms with Crippen LogP contribution in [0.15, 0.2) is 36.5 Å². The molecule has 0 radical (unpaired) electrons. The molecule has 6 heteroatoms. The highest BCUT2D eigenvalue weighted by atomic mass is 16.5. The first kappa shape index (κ1) is 15.1. The van der Waals surface area contributed by atoms with Crippen molar-refractivity contribution in [2.75, 3.05) is 24.5 Å². The second-order valence-electron chi connectivity index (χ2n) is 4.86. The van der Waals surface area contributed by atoms with Gasteiger partial charge in [-0.2, -0.15) is 4.98 Å². The molecule has 2 rings (SSSR count). The van der Waals surface area contributed by atoms with E-state index >= 15 is 0 Å². The van der Waals surface area contributed by atoms with Crippen LogP contribution in [0, 0.1) is 0 Å². The molecule has 0 aliphatic heterocycles. The van der Waals surface area contributed by atoms with Gasteiger partial charge in [-0.1, -0.05) is 18.2 Å². The number of hydrazine groups is 1. The summed E-state index contributed by atoms with van der Waals surface area (Å²) >= 11 is 0. The van der Waals surface area contributed by atoms with E-state index in [2.05, 4.69) is 33.3 Å². The van der Waals surface area contributed by atoms with E-state index in [-0.39, 0.29) is 6.04 Å². The van der Waals surface area contributed by atoms with Gasteiger partial charge >= 0.3 is 0 Å². The number of nitrogens with one attached hydrogen (secondary N) is 1. The molecule has 1 atom stereocenters. The average molecular weight is 287 g/mol. The van der Waals surface area contributed by atoms with Crippen LogP contribution in [0.25, 0.3) is 0 Å². The Labute approximate surface area is 124 Å². The summed E-state index contributed by atoms with van der Waals surface area (Å²) in [6.45, 7) is 2.14. The molecule has 1 heterocycles. The fraction of sp³-hybridized carbons (Fsp3) is 0.333. The van der Waals surface area contributed by atoms with Gasteiger partial charge in [-0.25, -0.2) is 10.8 Å². The van der Waals surface area contributed by atoms with Crippen LogP contribution in [0.4, 0.5) is 11.8 Å². The van der Waals surface area contributed by atoms with Crippen molar-refractivity contribution in [1.29, 1.82) is 0 Å². The predicted molar refractivity (Wildman–Crippen MR) is 84.4 cm³/mol. The topological polar surface area (TPSA) is 76.3 Å². The van der Waals surface area contributed by atoms with Crippen molar-refractivity contribution in [3.05, 3.63) is 42.1 Å². The molecule has 1 unspecified atom stereocenters. The van der Waals surface area contributed by atoms with Crippen molar-refractivity contribution in [2.45, 2.75) is 19.4 Å². The fourth-order valence-electron chi connectivity index (χ4n) is 2.17.